The van der Waals surface area contributed by atoms with Crippen molar-refractivity contribution in [3.8, 4) is 0 Å². The summed E-state index contributed by atoms with van der Waals surface area (Å²) in [5, 5.41) is 0.659. The van der Waals surface area contributed by atoms with Crippen LogP contribution < -0.4 is 5.56 Å². The van der Waals surface area contributed by atoms with Crippen LogP contribution >= 0.6 is 23.1 Å². The van der Waals surface area contributed by atoms with E-state index >= 15 is 0 Å². The van der Waals surface area contributed by atoms with Crippen molar-refractivity contribution in [1.29, 1.82) is 0 Å². The van der Waals surface area contributed by atoms with Crippen LogP contribution in [0.3, 0.4) is 0 Å². The van der Waals surface area contributed by atoms with Crippen LogP contribution in [0.5, 0.6) is 0 Å². The zero-order valence-corrected chi connectivity index (χ0v) is 17.9. The van der Waals surface area contributed by atoms with Gasteiger partial charge in [-0.2, -0.15) is 0 Å². The van der Waals surface area contributed by atoms with Gasteiger partial charge in [-0.25, -0.2) is 9.78 Å². The molecule has 3 rings (SSSR count). The van der Waals surface area contributed by atoms with E-state index in [-0.39, 0.29) is 17.6 Å². The van der Waals surface area contributed by atoms with Crippen molar-refractivity contribution in [3.05, 3.63) is 26.6 Å². The van der Waals surface area contributed by atoms with Crippen LogP contribution in [0, 0.1) is 13.8 Å². The van der Waals surface area contributed by atoms with E-state index in [1.165, 1.54) is 23.1 Å². The monoisotopic (exact) mass is 424 g/mol. The van der Waals surface area contributed by atoms with Gasteiger partial charge in [-0.15, -0.1) is 23.1 Å². The summed E-state index contributed by atoms with van der Waals surface area (Å²) in [5.41, 5.74) is 0.856. The number of rotatable bonds is 5. The molecule has 10 heteroatoms. The lowest BCUT2D eigenvalue weighted by molar-refractivity contribution is -0.129. The van der Waals surface area contributed by atoms with Crippen LogP contribution in [0.1, 0.15) is 23.2 Å². The highest BCUT2D eigenvalue weighted by atomic mass is 32.2. The van der Waals surface area contributed by atoms with Gasteiger partial charge in [-0.05, 0) is 26.3 Å². The molecule has 0 spiro atoms. The van der Waals surface area contributed by atoms with Gasteiger partial charge < -0.3 is 19.5 Å². The van der Waals surface area contributed by atoms with E-state index in [0.29, 0.717) is 55.5 Å². The molecule has 152 valence electrons. The van der Waals surface area contributed by atoms with Crippen molar-refractivity contribution in [2.24, 2.45) is 0 Å². The van der Waals surface area contributed by atoms with Gasteiger partial charge in [-0.3, -0.25) is 9.59 Å². The number of carbonyl (C=O) groups is 2. The first-order valence-corrected chi connectivity index (χ1v) is 11.1. The topological polar surface area (TPSA) is 95.6 Å². The molecule has 2 amide bonds. The minimum absolute atomic E-state index is 0.0275. The summed E-state index contributed by atoms with van der Waals surface area (Å²) < 4.78 is 4.98. The van der Waals surface area contributed by atoms with Gasteiger partial charge in [-0.1, -0.05) is 0 Å². The van der Waals surface area contributed by atoms with Gasteiger partial charge >= 0.3 is 6.09 Å². The Bertz CT molecular complexity index is 932. The molecule has 3 heterocycles. The van der Waals surface area contributed by atoms with Crippen LogP contribution in [-0.2, 0) is 15.3 Å². The zero-order valence-electron chi connectivity index (χ0n) is 16.2. The second-order valence-electron chi connectivity index (χ2n) is 6.54. The van der Waals surface area contributed by atoms with Gasteiger partial charge in [0, 0.05) is 31.1 Å². The van der Waals surface area contributed by atoms with Gasteiger partial charge in [0.15, 0.2) is 0 Å². The van der Waals surface area contributed by atoms with Crippen LogP contribution in [0.4, 0.5) is 4.79 Å². The van der Waals surface area contributed by atoms with E-state index in [1.807, 2.05) is 13.8 Å². The number of nitrogens with one attached hydrogen (secondary N) is 1. The standard InChI is InChI=1S/C18H24N4O4S2/c1-4-26-18(25)22-7-5-21(6-8-22)14(23)10-27-9-13-19-16(24)15-11(2)12(3)28-17(15)20-13/h4-10H2,1-3H3,(H,19,20,24). The molecule has 1 saturated heterocycles. The number of H-pyrrole nitrogens is 1. The third-order valence-corrected chi connectivity index (χ3v) is 6.74. The van der Waals surface area contributed by atoms with Crippen molar-refractivity contribution in [1.82, 2.24) is 19.8 Å². The first-order chi connectivity index (χ1) is 13.4. The molecular formula is C18H24N4O4S2. The number of aromatic amines is 1. The average molecular weight is 425 g/mol. The maximum atomic E-state index is 12.4. The Labute approximate surface area is 171 Å². The van der Waals surface area contributed by atoms with E-state index in [0.717, 1.165) is 15.3 Å². The Morgan fingerprint density at radius 1 is 1.21 bits per heavy atom. The lowest BCUT2D eigenvalue weighted by Gasteiger charge is -2.34. The lowest BCUT2D eigenvalue weighted by atomic mass is 10.2. The number of hydrogen-bond acceptors (Lipinski definition) is 7. The Morgan fingerprint density at radius 3 is 2.57 bits per heavy atom. The molecule has 8 nitrogen and oxygen atoms in total. The molecule has 0 bridgehead atoms. The number of hydrogen-bond donors (Lipinski definition) is 1. The summed E-state index contributed by atoms with van der Waals surface area (Å²) in [6.07, 6.45) is -0.326. The smallest absolute Gasteiger partial charge is 0.409 e. The van der Waals surface area contributed by atoms with E-state index < -0.39 is 0 Å². The fourth-order valence-corrected chi connectivity index (χ4v) is 4.89. The Balaban J connectivity index is 1.50. The Hall–Kier alpha value is -2.07. The fraction of sp³-hybridized carbons (Fsp3) is 0.556. The molecule has 0 atom stereocenters. The van der Waals surface area contributed by atoms with E-state index in [1.54, 1.807) is 16.7 Å². The first-order valence-electron chi connectivity index (χ1n) is 9.16. The molecule has 28 heavy (non-hydrogen) atoms. The van der Waals surface area contributed by atoms with Gasteiger partial charge in [0.1, 0.15) is 10.7 Å². The number of thioether (sulfide) groups is 1. The maximum absolute atomic E-state index is 12.4. The second kappa shape index (κ2) is 8.95. The molecule has 1 fully saturated rings. The lowest BCUT2D eigenvalue weighted by Crippen LogP contribution is -2.51. The summed E-state index contributed by atoms with van der Waals surface area (Å²) in [7, 11) is 0. The number of thiophene rings is 1. The van der Waals surface area contributed by atoms with Crippen molar-refractivity contribution >= 4 is 45.3 Å². The molecule has 2 aromatic rings. The number of aryl methyl sites for hydroxylation is 2. The predicted molar refractivity (Wildman–Crippen MR) is 111 cm³/mol. The summed E-state index contributed by atoms with van der Waals surface area (Å²) in [5.74, 6) is 1.39. The number of amides is 2. The van der Waals surface area contributed by atoms with Crippen LogP contribution in [-0.4, -0.2) is 70.3 Å². The van der Waals surface area contributed by atoms with Gasteiger partial charge in [0.05, 0.1) is 23.5 Å². The number of nitrogens with zero attached hydrogens (tertiary/aromatic N) is 3. The Morgan fingerprint density at radius 2 is 1.89 bits per heavy atom. The number of carbonyl (C=O) groups excluding carboxylic acids is 2. The fourth-order valence-electron chi connectivity index (χ4n) is 3.05. The van der Waals surface area contributed by atoms with Crippen molar-refractivity contribution in [3.63, 3.8) is 0 Å². The van der Waals surface area contributed by atoms with Crippen LogP contribution in [0.25, 0.3) is 10.2 Å². The van der Waals surface area contributed by atoms with E-state index in [2.05, 4.69) is 9.97 Å². The molecule has 0 saturated carbocycles. The third-order valence-electron chi connectivity index (χ3n) is 4.71. The number of aromatic nitrogens is 2. The Kier molecular flexibility index (Phi) is 6.61. The quantitative estimate of drug-likeness (QED) is 0.790. The summed E-state index contributed by atoms with van der Waals surface area (Å²) in [6.45, 7) is 8.02. The van der Waals surface area contributed by atoms with Gasteiger partial charge in [0.2, 0.25) is 5.91 Å². The molecule has 0 unspecified atom stereocenters. The van der Waals surface area contributed by atoms with Gasteiger partial charge in [0.25, 0.3) is 5.56 Å². The molecular weight excluding hydrogens is 400 g/mol. The molecule has 1 N–H and O–H groups in total. The molecule has 0 aromatic carbocycles. The zero-order chi connectivity index (χ0) is 20.3. The minimum Gasteiger partial charge on any atom is -0.450 e. The third kappa shape index (κ3) is 4.49. The molecule has 1 aliphatic rings. The number of fused-ring (bicyclic) bond motifs is 1. The highest BCUT2D eigenvalue weighted by Gasteiger charge is 2.24. The van der Waals surface area contributed by atoms with Crippen molar-refractivity contribution < 1.29 is 14.3 Å². The first kappa shape index (κ1) is 20.7. The van der Waals surface area contributed by atoms with E-state index in [9.17, 15) is 14.4 Å². The second-order valence-corrected chi connectivity index (χ2v) is 8.72. The van der Waals surface area contributed by atoms with E-state index in [4.69, 9.17) is 4.74 Å². The highest BCUT2D eigenvalue weighted by Crippen LogP contribution is 2.26. The SMILES string of the molecule is CCOC(=O)N1CCN(C(=O)CSCc2nc3sc(C)c(C)c3c(=O)[nH]2)CC1. The van der Waals surface area contributed by atoms with Crippen molar-refractivity contribution in [2.45, 2.75) is 26.5 Å². The number of piperazine rings is 1. The molecule has 1 aliphatic heterocycles. The van der Waals surface area contributed by atoms with Crippen molar-refractivity contribution in [2.75, 3.05) is 38.5 Å². The summed E-state index contributed by atoms with van der Waals surface area (Å²) >= 11 is 2.94. The normalized spacial score (nSPS) is 14.5. The predicted octanol–water partition coefficient (Wildman–Crippen LogP) is 2.14. The largest absolute Gasteiger partial charge is 0.450 e. The highest BCUT2D eigenvalue weighted by molar-refractivity contribution is 7.99. The average Bonchev–Trinajstić information content (AvgIpc) is 2.96. The molecule has 0 aliphatic carbocycles. The van der Waals surface area contributed by atoms with Crippen LogP contribution in [0.15, 0.2) is 4.79 Å². The molecule has 0 radical (unpaired) electrons. The number of ether oxygens (including phenoxy) is 1. The summed E-state index contributed by atoms with van der Waals surface area (Å²) in [6, 6.07) is 0. The summed E-state index contributed by atoms with van der Waals surface area (Å²) in [4.78, 5) is 49.0. The molecule has 2 aromatic heterocycles. The van der Waals surface area contributed by atoms with Crippen LogP contribution in [0.2, 0.25) is 0 Å². The minimum atomic E-state index is -0.326. The maximum Gasteiger partial charge on any atom is 0.409 e.